The molecule has 0 aromatic carbocycles. The second-order valence-electron chi connectivity index (χ2n) is 5.79. The highest BCUT2D eigenvalue weighted by Gasteiger charge is 2.35. The van der Waals surface area contributed by atoms with E-state index in [-0.39, 0.29) is 11.9 Å². The van der Waals surface area contributed by atoms with Gasteiger partial charge in [-0.2, -0.15) is 0 Å². The molecule has 1 N–H and O–H groups in total. The molecule has 5 rings (SSSR count). The maximum Gasteiger partial charge on any atom is 0.270 e. The Hall–Kier alpha value is -1.88. The van der Waals surface area contributed by atoms with Gasteiger partial charge in [0.2, 0.25) is 0 Å². The average molecular weight is 271 g/mol. The maximum absolute atomic E-state index is 12.3. The average Bonchev–Trinajstić information content (AvgIpc) is 2.96. The fourth-order valence-corrected chi connectivity index (χ4v) is 3.36. The topological polar surface area (TPSA) is 58.4 Å². The lowest BCUT2D eigenvalue weighted by molar-refractivity contribution is 0.0618. The number of carbonyl (C=O) groups excluding carboxylic acids is 1. The van der Waals surface area contributed by atoms with E-state index in [1.54, 1.807) is 24.8 Å². The van der Waals surface area contributed by atoms with Gasteiger partial charge in [0.25, 0.3) is 5.91 Å². The number of hydrogen-bond acceptors (Lipinski definition) is 4. The van der Waals surface area contributed by atoms with Gasteiger partial charge in [-0.25, -0.2) is 0 Å². The van der Waals surface area contributed by atoms with Gasteiger partial charge in [-0.15, -0.1) is 0 Å². The minimum absolute atomic E-state index is 0.0770. The zero-order valence-corrected chi connectivity index (χ0v) is 11.2. The summed E-state index contributed by atoms with van der Waals surface area (Å²) in [5.74, 6) is 0.549. The van der Waals surface area contributed by atoms with Crippen LogP contribution in [0.3, 0.4) is 0 Å². The summed E-state index contributed by atoms with van der Waals surface area (Å²) in [4.78, 5) is 19.0. The Balaban J connectivity index is 1.52. The fraction of sp³-hybridized carbons (Fsp3) is 0.467. The number of carbonyl (C=O) groups is 1. The van der Waals surface area contributed by atoms with Crippen molar-refractivity contribution >= 4 is 16.7 Å². The van der Waals surface area contributed by atoms with E-state index < -0.39 is 0 Å². The van der Waals surface area contributed by atoms with Crippen molar-refractivity contribution < 1.29 is 9.21 Å². The number of aromatic nitrogens is 1. The molecule has 3 saturated heterocycles. The van der Waals surface area contributed by atoms with Gasteiger partial charge in [-0.3, -0.25) is 9.78 Å². The lowest BCUT2D eigenvalue weighted by atomic mass is 9.84. The van der Waals surface area contributed by atoms with E-state index in [4.69, 9.17) is 4.42 Å². The predicted octanol–water partition coefficient (Wildman–Crippen LogP) is 1.65. The first-order chi connectivity index (χ1) is 9.79. The molecular formula is C15H17N3O2. The van der Waals surface area contributed by atoms with Crippen LogP contribution in [0.2, 0.25) is 0 Å². The highest BCUT2D eigenvalue weighted by atomic mass is 16.3. The van der Waals surface area contributed by atoms with Gasteiger partial charge < -0.3 is 14.6 Å². The van der Waals surface area contributed by atoms with Crippen molar-refractivity contribution in [2.24, 2.45) is 5.92 Å². The van der Waals surface area contributed by atoms with Gasteiger partial charge in [0, 0.05) is 29.6 Å². The van der Waals surface area contributed by atoms with E-state index >= 15 is 0 Å². The van der Waals surface area contributed by atoms with Gasteiger partial charge >= 0.3 is 0 Å². The van der Waals surface area contributed by atoms with Crippen LogP contribution in [0.4, 0.5) is 0 Å². The van der Waals surface area contributed by atoms with Crippen LogP contribution in [-0.4, -0.2) is 41.5 Å². The van der Waals surface area contributed by atoms with Crippen LogP contribution in [0.15, 0.2) is 29.2 Å². The number of nitrogens with zero attached hydrogens (tertiary/aromatic N) is 2. The minimum Gasteiger partial charge on any atom is -0.471 e. The molecule has 20 heavy (non-hydrogen) atoms. The predicted molar refractivity (Wildman–Crippen MR) is 74.4 cm³/mol. The zero-order valence-electron chi connectivity index (χ0n) is 11.2. The molecule has 2 aromatic heterocycles. The molecule has 2 aromatic rings. The van der Waals surface area contributed by atoms with E-state index in [0.717, 1.165) is 17.3 Å². The van der Waals surface area contributed by atoms with Crippen molar-refractivity contribution in [2.75, 3.05) is 19.6 Å². The third-order valence-corrected chi connectivity index (χ3v) is 4.56. The molecule has 0 radical (unpaired) electrons. The Morgan fingerprint density at radius 3 is 2.85 bits per heavy atom. The summed E-state index contributed by atoms with van der Waals surface area (Å²) < 4.78 is 5.11. The monoisotopic (exact) mass is 271 g/mol. The summed E-state index contributed by atoms with van der Waals surface area (Å²) in [5.41, 5.74) is 0.468. The summed E-state index contributed by atoms with van der Waals surface area (Å²) in [6, 6.07) is 2.06. The van der Waals surface area contributed by atoms with Crippen molar-refractivity contribution in [1.29, 1.82) is 0 Å². The number of rotatable bonds is 2. The van der Waals surface area contributed by atoms with E-state index in [9.17, 15) is 4.79 Å². The molecule has 5 heterocycles. The fourth-order valence-electron chi connectivity index (χ4n) is 3.36. The van der Waals surface area contributed by atoms with E-state index in [1.165, 1.54) is 25.9 Å². The van der Waals surface area contributed by atoms with E-state index in [1.807, 2.05) is 0 Å². The summed E-state index contributed by atoms with van der Waals surface area (Å²) in [6.45, 7) is 3.33. The molecule has 1 amide bonds. The van der Waals surface area contributed by atoms with Crippen molar-refractivity contribution in [2.45, 2.75) is 18.9 Å². The number of pyridine rings is 1. The first kappa shape index (κ1) is 11.9. The molecular weight excluding hydrogens is 254 g/mol. The SMILES string of the molecule is O=C(NC1CN2CCC1CC2)c1cc2cocc2cn1. The Bertz CT molecular complexity index is 643. The van der Waals surface area contributed by atoms with Crippen LogP contribution < -0.4 is 5.32 Å². The third-order valence-electron chi connectivity index (χ3n) is 4.56. The maximum atomic E-state index is 12.3. The Labute approximate surface area is 117 Å². The number of hydrogen-bond donors (Lipinski definition) is 1. The highest BCUT2D eigenvalue weighted by Crippen LogP contribution is 2.27. The molecule has 104 valence electrons. The Morgan fingerprint density at radius 1 is 1.30 bits per heavy atom. The van der Waals surface area contributed by atoms with Gasteiger partial charge in [-0.05, 0) is 37.9 Å². The second kappa shape index (κ2) is 4.59. The largest absolute Gasteiger partial charge is 0.471 e. The number of amides is 1. The molecule has 1 unspecified atom stereocenters. The Kier molecular flexibility index (Phi) is 2.73. The van der Waals surface area contributed by atoms with Crippen LogP contribution in [0.1, 0.15) is 23.3 Å². The van der Waals surface area contributed by atoms with E-state index in [0.29, 0.717) is 11.6 Å². The number of furan rings is 1. The lowest BCUT2D eigenvalue weighted by Crippen LogP contribution is -2.57. The summed E-state index contributed by atoms with van der Waals surface area (Å²) in [5, 5.41) is 4.99. The minimum atomic E-state index is -0.0770. The van der Waals surface area contributed by atoms with Gasteiger partial charge in [0.05, 0.1) is 12.5 Å². The van der Waals surface area contributed by atoms with Crippen LogP contribution in [0.25, 0.3) is 10.8 Å². The molecule has 5 nitrogen and oxygen atoms in total. The third kappa shape index (κ3) is 1.98. The van der Waals surface area contributed by atoms with Crippen molar-refractivity contribution in [3.63, 3.8) is 0 Å². The molecule has 0 spiro atoms. The number of piperidine rings is 3. The quantitative estimate of drug-likeness (QED) is 0.902. The van der Waals surface area contributed by atoms with E-state index in [2.05, 4.69) is 15.2 Å². The molecule has 2 bridgehead atoms. The van der Waals surface area contributed by atoms with Gasteiger partial charge in [0.15, 0.2) is 0 Å². The zero-order chi connectivity index (χ0) is 13.5. The first-order valence-electron chi connectivity index (χ1n) is 7.15. The summed E-state index contributed by atoms with van der Waals surface area (Å²) in [7, 11) is 0. The van der Waals surface area contributed by atoms with Crippen molar-refractivity contribution in [3.8, 4) is 0 Å². The number of nitrogens with one attached hydrogen (secondary N) is 1. The Morgan fingerprint density at radius 2 is 2.10 bits per heavy atom. The molecule has 0 aliphatic carbocycles. The van der Waals surface area contributed by atoms with Crippen LogP contribution >= 0.6 is 0 Å². The van der Waals surface area contributed by atoms with Gasteiger partial charge in [-0.1, -0.05) is 0 Å². The lowest BCUT2D eigenvalue weighted by Gasteiger charge is -2.44. The van der Waals surface area contributed by atoms with Crippen LogP contribution in [0, 0.1) is 5.92 Å². The highest BCUT2D eigenvalue weighted by molar-refractivity contribution is 5.96. The molecule has 1 atom stereocenters. The molecule has 0 saturated carbocycles. The van der Waals surface area contributed by atoms with Crippen LogP contribution in [0.5, 0.6) is 0 Å². The molecule has 3 fully saturated rings. The summed E-state index contributed by atoms with van der Waals surface area (Å²) in [6.07, 6.45) is 7.35. The van der Waals surface area contributed by atoms with Crippen molar-refractivity contribution in [1.82, 2.24) is 15.2 Å². The van der Waals surface area contributed by atoms with Crippen LogP contribution in [-0.2, 0) is 0 Å². The smallest absolute Gasteiger partial charge is 0.270 e. The second-order valence-corrected chi connectivity index (χ2v) is 5.79. The normalized spacial score (nSPS) is 28.7. The van der Waals surface area contributed by atoms with Crippen molar-refractivity contribution in [3.05, 3.63) is 30.5 Å². The standard InChI is InChI=1S/C15H17N3O2/c19-15(13-5-11-8-20-9-12(11)6-16-13)17-14-7-18-3-1-10(14)2-4-18/h5-6,8-10,14H,1-4,7H2,(H,17,19). The number of fused-ring (bicyclic) bond motifs is 4. The van der Waals surface area contributed by atoms with Gasteiger partial charge in [0.1, 0.15) is 5.69 Å². The summed E-state index contributed by atoms with van der Waals surface area (Å²) >= 11 is 0. The molecule has 3 aliphatic rings. The molecule has 5 heteroatoms. The first-order valence-corrected chi connectivity index (χ1v) is 7.15. The molecule has 3 aliphatic heterocycles.